The van der Waals surface area contributed by atoms with Gasteiger partial charge in [-0.1, -0.05) is 70.5 Å². The first-order valence-corrected chi connectivity index (χ1v) is 10.7. The Hall–Kier alpha value is -2.54. The van der Waals surface area contributed by atoms with Crippen molar-refractivity contribution >= 4 is 5.97 Å². The fourth-order valence-electron chi connectivity index (χ4n) is 3.75. The third-order valence-corrected chi connectivity index (χ3v) is 4.89. The zero-order chi connectivity index (χ0) is 22.9. The lowest BCUT2D eigenvalue weighted by Crippen LogP contribution is -2.35. The maximum Gasteiger partial charge on any atom is 0.337 e. The molecule has 0 saturated carbocycles. The SMILES string of the molecule is Cc1ccc(C2C=C(CC(C)(C)C)N(C#N)C(C(C)C)=C2C(=O)OC(C)(C)C)cc1. The molecule has 2 rings (SSSR count). The number of nitrogens with zero attached hydrogens (tertiary/aromatic N) is 2. The van der Waals surface area contributed by atoms with Crippen LogP contribution in [-0.4, -0.2) is 16.5 Å². The van der Waals surface area contributed by atoms with Crippen LogP contribution in [0.3, 0.4) is 0 Å². The van der Waals surface area contributed by atoms with Crippen LogP contribution in [0.15, 0.2) is 47.3 Å². The van der Waals surface area contributed by atoms with Crippen molar-refractivity contribution in [1.29, 1.82) is 5.26 Å². The number of esters is 1. The predicted molar refractivity (Wildman–Crippen MR) is 121 cm³/mol. The number of hydrogen-bond donors (Lipinski definition) is 0. The van der Waals surface area contributed by atoms with Crippen molar-refractivity contribution in [2.24, 2.45) is 11.3 Å². The zero-order valence-corrected chi connectivity index (χ0v) is 20.0. The normalized spacial score (nSPS) is 17.7. The van der Waals surface area contributed by atoms with Crippen molar-refractivity contribution < 1.29 is 9.53 Å². The summed E-state index contributed by atoms with van der Waals surface area (Å²) in [6.45, 7) is 18.2. The number of allylic oxidation sites excluding steroid dienone is 3. The van der Waals surface area contributed by atoms with Crippen molar-refractivity contribution in [1.82, 2.24) is 4.90 Å². The molecule has 1 heterocycles. The van der Waals surface area contributed by atoms with Gasteiger partial charge in [-0.15, -0.1) is 0 Å². The first-order chi connectivity index (χ1) is 13.7. The maximum atomic E-state index is 13.4. The molecule has 1 atom stereocenters. The first kappa shape index (κ1) is 23.7. The lowest BCUT2D eigenvalue weighted by atomic mass is 9.80. The van der Waals surface area contributed by atoms with E-state index in [4.69, 9.17) is 4.74 Å². The van der Waals surface area contributed by atoms with Crippen LogP contribution in [-0.2, 0) is 9.53 Å². The highest BCUT2D eigenvalue weighted by molar-refractivity contribution is 5.92. The molecule has 0 aliphatic carbocycles. The molecule has 162 valence electrons. The van der Waals surface area contributed by atoms with E-state index >= 15 is 0 Å². The summed E-state index contributed by atoms with van der Waals surface area (Å²) in [5, 5.41) is 10.1. The Kier molecular flexibility index (Phi) is 6.87. The molecule has 0 saturated heterocycles. The van der Waals surface area contributed by atoms with Crippen LogP contribution in [0, 0.1) is 29.7 Å². The topological polar surface area (TPSA) is 53.3 Å². The first-order valence-electron chi connectivity index (χ1n) is 10.7. The van der Waals surface area contributed by atoms with Crippen molar-refractivity contribution in [2.45, 2.75) is 80.3 Å². The zero-order valence-electron chi connectivity index (χ0n) is 20.0. The summed E-state index contributed by atoms with van der Waals surface area (Å²) in [6.07, 6.45) is 5.15. The Balaban J connectivity index is 2.74. The number of carbonyl (C=O) groups excluding carboxylic acids is 1. The van der Waals surface area contributed by atoms with Gasteiger partial charge in [0, 0.05) is 17.3 Å². The molecule has 0 aromatic heterocycles. The minimum absolute atomic E-state index is 0.00424. The van der Waals surface area contributed by atoms with E-state index in [-0.39, 0.29) is 23.2 Å². The van der Waals surface area contributed by atoms with E-state index in [1.165, 1.54) is 5.56 Å². The van der Waals surface area contributed by atoms with Crippen molar-refractivity contribution in [3.05, 3.63) is 58.4 Å². The van der Waals surface area contributed by atoms with E-state index in [9.17, 15) is 10.1 Å². The molecule has 0 fully saturated rings. The number of ether oxygens (including phenoxy) is 1. The van der Waals surface area contributed by atoms with Gasteiger partial charge in [-0.3, -0.25) is 4.90 Å². The molecule has 1 aromatic carbocycles. The summed E-state index contributed by atoms with van der Waals surface area (Å²) < 4.78 is 5.80. The van der Waals surface area contributed by atoms with Gasteiger partial charge < -0.3 is 4.74 Å². The molecule has 1 aliphatic heterocycles. The molecular formula is C26H36N2O2. The van der Waals surface area contributed by atoms with Gasteiger partial charge >= 0.3 is 5.97 Å². The largest absolute Gasteiger partial charge is 0.457 e. The molecule has 4 heteroatoms. The number of benzene rings is 1. The van der Waals surface area contributed by atoms with Gasteiger partial charge in [-0.2, -0.15) is 5.26 Å². The summed E-state index contributed by atoms with van der Waals surface area (Å²) in [5.41, 5.74) is 3.82. The second-order valence-corrected chi connectivity index (χ2v) is 10.7. The fraction of sp³-hybridized carbons (Fsp3) is 0.538. The van der Waals surface area contributed by atoms with E-state index in [0.29, 0.717) is 5.57 Å². The van der Waals surface area contributed by atoms with Crippen LogP contribution in [0.2, 0.25) is 0 Å². The van der Waals surface area contributed by atoms with E-state index in [1.807, 2.05) is 41.5 Å². The van der Waals surface area contributed by atoms with Crippen molar-refractivity contribution in [3.8, 4) is 6.19 Å². The summed E-state index contributed by atoms with van der Waals surface area (Å²) in [4.78, 5) is 15.0. The van der Waals surface area contributed by atoms with Gasteiger partial charge in [0.2, 0.25) is 0 Å². The maximum absolute atomic E-state index is 13.4. The molecule has 0 amide bonds. The molecule has 1 aliphatic rings. The third-order valence-electron chi connectivity index (χ3n) is 4.89. The van der Waals surface area contributed by atoms with Crippen LogP contribution in [0.5, 0.6) is 0 Å². The summed E-state index contributed by atoms with van der Waals surface area (Å²) in [5.74, 6) is -0.619. The van der Waals surface area contributed by atoms with Crippen LogP contribution in [0.25, 0.3) is 0 Å². The van der Waals surface area contributed by atoms with Gasteiger partial charge in [0.1, 0.15) is 5.60 Å². The summed E-state index contributed by atoms with van der Waals surface area (Å²) in [7, 11) is 0. The number of nitriles is 1. The average Bonchev–Trinajstić information content (AvgIpc) is 2.58. The average molecular weight is 409 g/mol. The van der Waals surface area contributed by atoms with E-state index in [2.05, 4.69) is 57.3 Å². The molecular weight excluding hydrogens is 372 g/mol. The smallest absolute Gasteiger partial charge is 0.337 e. The van der Waals surface area contributed by atoms with Crippen LogP contribution >= 0.6 is 0 Å². The van der Waals surface area contributed by atoms with Crippen LogP contribution in [0.4, 0.5) is 0 Å². The van der Waals surface area contributed by atoms with E-state index < -0.39 is 5.60 Å². The highest BCUT2D eigenvalue weighted by Gasteiger charge is 2.38. The Morgan fingerprint density at radius 3 is 2.13 bits per heavy atom. The Bertz CT molecular complexity index is 885. The minimum Gasteiger partial charge on any atom is -0.457 e. The number of aryl methyl sites for hydroxylation is 1. The fourth-order valence-corrected chi connectivity index (χ4v) is 3.75. The standard InChI is InChI=1S/C26H36N2O2/c1-17(2)23-22(24(29)30-26(7,8)9)21(19-12-10-18(3)11-13-19)14-20(28(23)16-27)15-25(4,5)6/h10-14,17,21H,15H2,1-9H3. The van der Waals surface area contributed by atoms with E-state index in [1.54, 1.807) is 4.90 Å². The minimum atomic E-state index is -0.614. The lowest BCUT2D eigenvalue weighted by Gasteiger charge is -2.37. The molecule has 4 nitrogen and oxygen atoms in total. The second kappa shape index (κ2) is 8.68. The lowest BCUT2D eigenvalue weighted by molar-refractivity contribution is -0.150. The van der Waals surface area contributed by atoms with Crippen LogP contribution in [0.1, 0.15) is 78.9 Å². The molecule has 0 bridgehead atoms. The number of carbonyl (C=O) groups is 1. The van der Waals surface area contributed by atoms with Gasteiger partial charge in [0.15, 0.2) is 6.19 Å². The highest BCUT2D eigenvalue weighted by atomic mass is 16.6. The Morgan fingerprint density at radius 2 is 1.70 bits per heavy atom. The predicted octanol–water partition coefficient (Wildman–Crippen LogP) is 6.45. The summed E-state index contributed by atoms with van der Waals surface area (Å²) >= 11 is 0. The molecule has 30 heavy (non-hydrogen) atoms. The quantitative estimate of drug-likeness (QED) is 0.424. The second-order valence-electron chi connectivity index (χ2n) is 10.7. The van der Waals surface area contributed by atoms with Gasteiger partial charge in [-0.05, 0) is 51.0 Å². The molecule has 0 radical (unpaired) electrons. The van der Waals surface area contributed by atoms with Crippen molar-refractivity contribution in [3.63, 3.8) is 0 Å². The molecule has 1 unspecified atom stereocenters. The summed E-state index contributed by atoms with van der Waals surface area (Å²) in [6, 6.07) is 8.25. The van der Waals surface area contributed by atoms with Gasteiger partial charge in [-0.25, -0.2) is 4.79 Å². The van der Waals surface area contributed by atoms with Crippen molar-refractivity contribution in [2.75, 3.05) is 0 Å². The van der Waals surface area contributed by atoms with Gasteiger partial charge in [0.05, 0.1) is 5.57 Å². The molecule has 1 aromatic rings. The monoisotopic (exact) mass is 408 g/mol. The Labute approximate surface area is 182 Å². The Morgan fingerprint density at radius 1 is 1.13 bits per heavy atom. The van der Waals surface area contributed by atoms with Crippen LogP contribution < -0.4 is 0 Å². The highest BCUT2D eigenvalue weighted by Crippen LogP contribution is 2.43. The molecule has 0 N–H and O–H groups in total. The number of rotatable bonds is 4. The van der Waals surface area contributed by atoms with E-state index in [0.717, 1.165) is 23.4 Å². The third kappa shape index (κ3) is 5.75. The molecule has 0 spiro atoms. The van der Waals surface area contributed by atoms with Gasteiger partial charge in [0.25, 0.3) is 0 Å². The number of hydrogen-bond acceptors (Lipinski definition) is 4.